The number of imidazole rings is 1. The number of aryl methyl sites for hydroxylation is 2. The molecule has 1 aromatic carbocycles. The van der Waals surface area contributed by atoms with E-state index in [1.165, 1.54) is 0 Å². The van der Waals surface area contributed by atoms with Crippen LogP contribution in [0.25, 0.3) is 0 Å². The lowest BCUT2D eigenvalue weighted by molar-refractivity contribution is -0.132. The number of hydrogen-bond donors (Lipinski definition) is 1. The fourth-order valence-corrected chi connectivity index (χ4v) is 3.29. The van der Waals surface area contributed by atoms with Crippen molar-refractivity contribution in [1.82, 2.24) is 14.5 Å². The van der Waals surface area contributed by atoms with Gasteiger partial charge in [0.05, 0.1) is 0 Å². The van der Waals surface area contributed by atoms with E-state index in [2.05, 4.69) is 9.55 Å². The first-order chi connectivity index (χ1) is 11.1. The van der Waals surface area contributed by atoms with Gasteiger partial charge < -0.3 is 14.6 Å². The maximum absolute atomic E-state index is 12.6. The number of aromatic hydroxyl groups is 1. The zero-order valence-corrected chi connectivity index (χ0v) is 13.5. The molecule has 1 aliphatic rings. The van der Waals surface area contributed by atoms with Crippen LogP contribution in [0.3, 0.4) is 0 Å². The summed E-state index contributed by atoms with van der Waals surface area (Å²) in [6.07, 6.45) is 6.89. The normalized spacial score (nSPS) is 17.6. The molecule has 1 aliphatic heterocycles. The Balaban J connectivity index is 1.60. The summed E-state index contributed by atoms with van der Waals surface area (Å²) in [4.78, 5) is 18.8. The molecule has 0 aliphatic carbocycles. The Kier molecular flexibility index (Phi) is 4.65. The van der Waals surface area contributed by atoms with Crippen molar-refractivity contribution < 1.29 is 9.90 Å². The number of likely N-dealkylation sites (tertiary alicyclic amines) is 1. The van der Waals surface area contributed by atoms with Gasteiger partial charge in [-0.05, 0) is 37.8 Å². The summed E-state index contributed by atoms with van der Waals surface area (Å²) in [5.41, 5.74) is 0.835. The van der Waals surface area contributed by atoms with E-state index >= 15 is 0 Å². The van der Waals surface area contributed by atoms with Crippen LogP contribution >= 0.6 is 0 Å². The van der Waals surface area contributed by atoms with Crippen LogP contribution in [0.2, 0.25) is 0 Å². The Bertz CT molecular complexity index is 680. The monoisotopic (exact) mass is 313 g/mol. The molecular formula is C18H23N3O2. The van der Waals surface area contributed by atoms with E-state index in [4.69, 9.17) is 0 Å². The number of rotatable bonds is 5. The molecular weight excluding hydrogens is 290 g/mol. The van der Waals surface area contributed by atoms with Crippen molar-refractivity contribution in [3.8, 4) is 5.75 Å². The summed E-state index contributed by atoms with van der Waals surface area (Å²) < 4.78 is 2.11. The fourth-order valence-electron chi connectivity index (χ4n) is 3.29. The second kappa shape index (κ2) is 6.86. The molecule has 122 valence electrons. The zero-order valence-electron chi connectivity index (χ0n) is 13.5. The number of benzene rings is 1. The van der Waals surface area contributed by atoms with E-state index in [1.54, 1.807) is 18.3 Å². The number of amides is 1. The summed E-state index contributed by atoms with van der Waals surface area (Å²) in [6.45, 7) is 3.63. The highest BCUT2D eigenvalue weighted by molar-refractivity contribution is 5.77. The van der Waals surface area contributed by atoms with Crippen molar-refractivity contribution >= 4 is 5.91 Å². The number of carbonyl (C=O) groups excluding carboxylic acids is 1. The van der Waals surface area contributed by atoms with Gasteiger partial charge in [0.2, 0.25) is 5.91 Å². The van der Waals surface area contributed by atoms with Crippen molar-refractivity contribution in [2.24, 2.45) is 0 Å². The maximum Gasteiger partial charge on any atom is 0.223 e. The van der Waals surface area contributed by atoms with Crippen molar-refractivity contribution in [1.29, 1.82) is 0 Å². The molecule has 1 amide bonds. The highest BCUT2D eigenvalue weighted by Gasteiger charge is 2.28. The predicted molar refractivity (Wildman–Crippen MR) is 88.1 cm³/mol. The Morgan fingerprint density at radius 2 is 2.22 bits per heavy atom. The minimum absolute atomic E-state index is 0.175. The lowest BCUT2D eigenvalue weighted by Gasteiger charge is -2.25. The van der Waals surface area contributed by atoms with Crippen LogP contribution in [0, 0.1) is 6.92 Å². The van der Waals surface area contributed by atoms with Crippen molar-refractivity contribution in [2.75, 3.05) is 6.54 Å². The number of carbonyl (C=O) groups is 1. The summed E-state index contributed by atoms with van der Waals surface area (Å²) in [6, 6.07) is 7.48. The fraction of sp³-hybridized carbons (Fsp3) is 0.444. The molecule has 0 unspecified atom stereocenters. The molecule has 1 saturated heterocycles. The van der Waals surface area contributed by atoms with E-state index in [9.17, 15) is 9.90 Å². The zero-order chi connectivity index (χ0) is 16.2. The van der Waals surface area contributed by atoms with Crippen LogP contribution in [0.1, 0.15) is 30.7 Å². The standard InChI is InChI=1S/C18H23N3O2/c1-14-19-10-12-20(14)13-16-6-4-11-21(16)18(23)9-8-15-5-2-3-7-17(15)22/h2-3,5,7,10,12,16,22H,4,6,8-9,11,13H2,1H3/t16-/m0/s1. The molecule has 0 spiro atoms. The average molecular weight is 313 g/mol. The van der Waals surface area contributed by atoms with Gasteiger partial charge in [-0.15, -0.1) is 0 Å². The summed E-state index contributed by atoms with van der Waals surface area (Å²) >= 11 is 0. The first kappa shape index (κ1) is 15.6. The van der Waals surface area contributed by atoms with E-state index in [-0.39, 0.29) is 17.7 Å². The molecule has 5 nitrogen and oxygen atoms in total. The molecule has 1 atom stereocenters. The largest absolute Gasteiger partial charge is 0.508 e. The summed E-state index contributed by atoms with van der Waals surface area (Å²) in [5, 5.41) is 9.81. The Morgan fingerprint density at radius 3 is 2.96 bits per heavy atom. The predicted octanol–water partition coefficient (Wildman–Crippen LogP) is 2.52. The van der Waals surface area contributed by atoms with Gasteiger partial charge in [0.15, 0.2) is 0 Å². The van der Waals surface area contributed by atoms with Gasteiger partial charge in [0.1, 0.15) is 11.6 Å². The Morgan fingerprint density at radius 1 is 1.39 bits per heavy atom. The number of nitrogens with zero attached hydrogens (tertiary/aromatic N) is 3. The molecule has 5 heteroatoms. The van der Waals surface area contributed by atoms with E-state index in [0.29, 0.717) is 12.8 Å². The third kappa shape index (κ3) is 3.55. The van der Waals surface area contributed by atoms with Crippen LogP contribution in [-0.2, 0) is 17.8 Å². The molecule has 0 radical (unpaired) electrons. The molecule has 1 N–H and O–H groups in total. The van der Waals surface area contributed by atoms with Gasteiger partial charge in [-0.25, -0.2) is 4.98 Å². The first-order valence-corrected chi connectivity index (χ1v) is 8.19. The average Bonchev–Trinajstić information content (AvgIpc) is 3.16. The molecule has 1 fully saturated rings. The minimum Gasteiger partial charge on any atom is -0.508 e. The van der Waals surface area contributed by atoms with E-state index < -0.39 is 0 Å². The van der Waals surface area contributed by atoms with Crippen molar-refractivity contribution in [2.45, 2.75) is 45.2 Å². The number of phenolic OH excluding ortho intramolecular Hbond substituents is 1. The van der Waals surface area contributed by atoms with Gasteiger partial charge in [0.25, 0.3) is 0 Å². The molecule has 3 rings (SSSR count). The summed E-state index contributed by atoms with van der Waals surface area (Å²) in [7, 11) is 0. The molecule has 0 saturated carbocycles. The summed E-state index contributed by atoms with van der Waals surface area (Å²) in [5.74, 6) is 1.43. The van der Waals surface area contributed by atoms with Crippen LogP contribution in [0.15, 0.2) is 36.7 Å². The topological polar surface area (TPSA) is 58.4 Å². The van der Waals surface area contributed by atoms with Gasteiger partial charge >= 0.3 is 0 Å². The van der Waals surface area contributed by atoms with E-state index in [0.717, 1.165) is 37.3 Å². The Labute approximate surface area is 136 Å². The van der Waals surface area contributed by atoms with Gasteiger partial charge in [0, 0.05) is 37.9 Å². The van der Waals surface area contributed by atoms with Crippen LogP contribution in [0.4, 0.5) is 0 Å². The molecule has 0 bridgehead atoms. The lowest BCUT2D eigenvalue weighted by Crippen LogP contribution is -2.38. The van der Waals surface area contributed by atoms with Gasteiger partial charge in [-0.2, -0.15) is 0 Å². The number of para-hydroxylation sites is 1. The minimum atomic E-state index is 0.175. The van der Waals surface area contributed by atoms with Gasteiger partial charge in [-0.3, -0.25) is 4.79 Å². The van der Waals surface area contributed by atoms with Crippen LogP contribution in [0.5, 0.6) is 5.75 Å². The Hall–Kier alpha value is -2.30. The van der Waals surface area contributed by atoms with Crippen LogP contribution < -0.4 is 0 Å². The lowest BCUT2D eigenvalue weighted by atomic mass is 10.1. The second-order valence-corrected chi connectivity index (χ2v) is 6.14. The number of phenols is 1. The second-order valence-electron chi connectivity index (χ2n) is 6.14. The third-order valence-electron chi connectivity index (χ3n) is 4.63. The van der Waals surface area contributed by atoms with Crippen LogP contribution in [-0.4, -0.2) is 38.1 Å². The number of hydrogen-bond acceptors (Lipinski definition) is 3. The SMILES string of the molecule is Cc1nccn1C[C@@H]1CCCN1C(=O)CCc1ccccc1O. The molecule has 1 aromatic heterocycles. The quantitative estimate of drug-likeness (QED) is 0.923. The molecule has 2 heterocycles. The molecule has 23 heavy (non-hydrogen) atoms. The maximum atomic E-state index is 12.6. The van der Waals surface area contributed by atoms with Crippen molar-refractivity contribution in [3.63, 3.8) is 0 Å². The molecule has 2 aromatic rings. The van der Waals surface area contributed by atoms with Crippen molar-refractivity contribution in [3.05, 3.63) is 48.0 Å². The third-order valence-corrected chi connectivity index (χ3v) is 4.63. The highest BCUT2D eigenvalue weighted by Crippen LogP contribution is 2.22. The van der Waals surface area contributed by atoms with Gasteiger partial charge in [-0.1, -0.05) is 18.2 Å². The smallest absolute Gasteiger partial charge is 0.223 e. The first-order valence-electron chi connectivity index (χ1n) is 8.19. The van der Waals surface area contributed by atoms with E-state index in [1.807, 2.05) is 30.2 Å². The number of aromatic nitrogens is 2. The highest BCUT2D eigenvalue weighted by atomic mass is 16.3.